The van der Waals surface area contributed by atoms with Gasteiger partial charge >= 0.3 is 0 Å². The molecule has 2 fully saturated rings. The van der Waals surface area contributed by atoms with Gasteiger partial charge in [-0.25, -0.2) is 0 Å². The van der Waals surface area contributed by atoms with Crippen molar-refractivity contribution in [3.05, 3.63) is 0 Å². The number of ether oxygens (including phenoxy) is 1. The fourth-order valence-corrected chi connectivity index (χ4v) is 2.91. The second kappa shape index (κ2) is 5.64. The summed E-state index contributed by atoms with van der Waals surface area (Å²) < 4.78 is 5.78. The van der Waals surface area contributed by atoms with E-state index in [-0.39, 0.29) is 0 Å². The normalized spacial score (nSPS) is 30.2. The van der Waals surface area contributed by atoms with Gasteiger partial charge in [-0.2, -0.15) is 0 Å². The molecule has 0 aromatic rings. The highest BCUT2D eigenvalue weighted by Crippen LogP contribution is 2.29. The molecule has 0 aromatic heterocycles. The third kappa shape index (κ3) is 2.95. The molecule has 92 valence electrons. The molecule has 2 atom stereocenters. The zero-order chi connectivity index (χ0) is 11.4. The molecule has 1 saturated carbocycles. The summed E-state index contributed by atoms with van der Waals surface area (Å²) in [5.74, 6) is 0.320. The monoisotopic (exact) mass is 225 g/mol. The number of hydrogen-bond acceptors (Lipinski definition) is 3. The maximum Gasteiger partial charge on any atom is 0.0905 e. The van der Waals surface area contributed by atoms with Crippen LogP contribution in [0, 0.1) is 5.41 Å². The van der Waals surface area contributed by atoms with E-state index < -0.39 is 0 Å². The zero-order valence-corrected chi connectivity index (χ0v) is 9.95. The van der Waals surface area contributed by atoms with Crippen LogP contribution in [0.15, 0.2) is 0 Å². The van der Waals surface area contributed by atoms with E-state index in [1.54, 1.807) is 0 Å². The van der Waals surface area contributed by atoms with Crippen LogP contribution in [0.25, 0.3) is 0 Å². The van der Waals surface area contributed by atoms with E-state index in [9.17, 15) is 0 Å². The minimum absolute atomic E-state index is 0.320. The Morgan fingerprint density at radius 2 is 2.25 bits per heavy atom. The van der Waals surface area contributed by atoms with Gasteiger partial charge in [-0.3, -0.25) is 10.3 Å². The first-order valence-corrected chi connectivity index (χ1v) is 6.46. The summed E-state index contributed by atoms with van der Waals surface area (Å²) in [4.78, 5) is 2.58. The summed E-state index contributed by atoms with van der Waals surface area (Å²) in [7, 11) is 0. The molecule has 2 aliphatic rings. The van der Waals surface area contributed by atoms with Crippen molar-refractivity contribution in [1.29, 1.82) is 5.41 Å². The molecule has 1 aliphatic carbocycles. The Balaban J connectivity index is 1.69. The van der Waals surface area contributed by atoms with E-state index in [2.05, 4.69) is 4.90 Å². The van der Waals surface area contributed by atoms with Gasteiger partial charge in [0.1, 0.15) is 0 Å². The van der Waals surface area contributed by atoms with Crippen LogP contribution in [-0.4, -0.2) is 42.6 Å². The van der Waals surface area contributed by atoms with Gasteiger partial charge in [0.15, 0.2) is 0 Å². The molecule has 1 heterocycles. The van der Waals surface area contributed by atoms with Crippen molar-refractivity contribution in [2.45, 2.75) is 50.7 Å². The number of nitrogens with two attached hydrogens (primary N) is 1. The number of rotatable bonds is 5. The molecule has 16 heavy (non-hydrogen) atoms. The van der Waals surface area contributed by atoms with Crippen LogP contribution in [-0.2, 0) is 4.74 Å². The number of amidine groups is 1. The third-order valence-corrected chi connectivity index (χ3v) is 3.74. The second-order valence-corrected chi connectivity index (χ2v) is 4.93. The van der Waals surface area contributed by atoms with Gasteiger partial charge in [-0.05, 0) is 38.6 Å². The number of unbranched alkanes of at least 4 members (excludes halogenated alkanes) is 1. The van der Waals surface area contributed by atoms with Gasteiger partial charge in [0.05, 0.1) is 18.5 Å². The number of morpholine rings is 1. The van der Waals surface area contributed by atoms with Crippen LogP contribution < -0.4 is 5.73 Å². The molecule has 1 saturated heterocycles. The van der Waals surface area contributed by atoms with Crippen LogP contribution in [0.4, 0.5) is 0 Å². The Morgan fingerprint density at radius 1 is 1.38 bits per heavy atom. The highest BCUT2D eigenvalue weighted by atomic mass is 16.5. The van der Waals surface area contributed by atoms with E-state index >= 15 is 0 Å². The molecule has 2 unspecified atom stereocenters. The zero-order valence-electron chi connectivity index (χ0n) is 9.95. The Bertz CT molecular complexity index is 244. The lowest BCUT2D eigenvalue weighted by Crippen LogP contribution is -2.48. The molecule has 4 heteroatoms. The lowest BCUT2D eigenvalue weighted by atomic mass is 10.1. The highest BCUT2D eigenvalue weighted by Gasteiger charge is 2.35. The third-order valence-electron chi connectivity index (χ3n) is 3.74. The molecule has 1 aliphatic heterocycles. The second-order valence-electron chi connectivity index (χ2n) is 4.93. The number of nitrogens with zero attached hydrogens (tertiary/aromatic N) is 1. The van der Waals surface area contributed by atoms with E-state index in [0.29, 0.717) is 18.0 Å². The van der Waals surface area contributed by atoms with Crippen molar-refractivity contribution < 1.29 is 4.74 Å². The Labute approximate surface area is 97.6 Å². The van der Waals surface area contributed by atoms with Gasteiger partial charge in [-0.15, -0.1) is 0 Å². The summed E-state index contributed by atoms with van der Waals surface area (Å²) in [6.45, 7) is 3.13. The van der Waals surface area contributed by atoms with Crippen molar-refractivity contribution in [2.75, 3.05) is 19.7 Å². The molecular weight excluding hydrogens is 202 g/mol. The quantitative estimate of drug-likeness (QED) is 0.422. The predicted molar refractivity (Wildman–Crippen MR) is 64.7 cm³/mol. The highest BCUT2D eigenvalue weighted by molar-refractivity contribution is 5.76. The molecule has 2 rings (SSSR count). The van der Waals surface area contributed by atoms with Crippen molar-refractivity contribution in [3.8, 4) is 0 Å². The number of hydrogen-bond donors (Lipinski definition) is 2. The number of nitrogens with one attached hydrogen (secondary N) is 1. The SMILES string of the molecule is N=C(N)CCCCN1CCOC2CCCC21. The molecule has 0 bridgehead atoms. The Hall–Kier alpha value is -0.610. The van der Waals surface area contributed by atoms with Gasteiger partial charge in [0.2, 0.25) is 0 Å². The van der Waals surface area contributed by atoms with Crippen LogP contribution in [0.3, 0.4) is 0 Å². The summed E-state index contributed by atoms with van der Waals surface area (Å²) in [5.41, 5.74) is 5.35. The van der Waals surface area contributed by atoms with E-state index in [0.717, 1.165) is 39.0 Å². The maximum atomic E-state index is 7.18. The molecular formula is C12H23N3O. The first-order valence-electron chi connectivity index (χ1n) is 6.46. The number of fused-ring (bicyclic) bond motifs is 1. The van der Waals surface area contributed by atoms with Crippen molar-refractivity contribution in [1.82, 2.24) is 4.90 Å². The first-order chi connectivity index (χ1) is 7.77. The standard InChI is InChI=1S/C12H23N3O/c13-12(14)6-1-2-7-15-8-9-16-11-5-3-4-10(11)15/h10-11H,1-9H2,(H3,13,14). The fraction of sp³-hybridized carbons (Fsp3) is 0.917. The lowest BCUT2D eigenvalue weighted by molar-refractivity contribution is -0.0557. The molecule has 4 nitrogen and oxygen atoms in total. The summed E-state index contributed by atoms with van der Waals surface area (Å²) in [6, 6.07) is 0.672. The largest absolute Gasteiger partial charge is 0.388 e. The van der Waals surface area contributed by atoms with Crippen molar-refractivity contribution >= 4 is 5.84 Å². The topological polar surface area (TPSA) is 62.3 Å². The average molecular weight is 225 g/mol. The predicted octanol–water partition coefficient (Wildman–Crippen LogP) is 1.35. The summed E-state index contributed by atoms with van der Waals surface area (Å²) in [5, 5.41) is 7.18. The molecule has 0 radical (unpaired) electrons. The van der Waals surface area contributed by atoms with Crippen LogP contribution in [0.5, 0.6) is 0 Å². The lowest BCUT2D eigenvalue weighted by Gasteiger charge is -2.37. The van der Waals surface area contributed by atoms with Gasteiger partial charge in [0, 0.05) is 19.0 Å². The van der Waals surface area contributed by atoms with Gasteiger partial charge < -0.3 is 10.5 Å². The van der Waals surface area contributed by atoms with Crippen molar-refractivity contribution in [3.63, 3.8) is 0 Å². The molecule has 3 N–H and O–H groups in total. The van der Waals surface area contributed by atoms with Crippen LogP contribution >= 0.6 is 0 Å². The first kappa shape index (κ1) is 11.9. The van der Waals surface area contributed by atoms with E-state index in [1.807, 2.05) is 0 Å². The minimum Gasteiger partial charge on any atom is -0.388 e. The molecule has 0 amide bonds. The fourth-order valence-electron chi connectivity index (χ4n) is 2.91. The Morgan fingerprint density at radius 3 is 3.06 bits per heavy atom. The van der Waals surface area contributed by atoms with E-state index in [4.69, 9.17) is 15.9 Å². The van der Waals surface area contributed by atoms with Gasteiger partial charge in [0.25, 0.3) is 0 Å². The van der Waals surface area contributed by atoms with Crippen LogP contribution in [0.1, 0.15) is 38.5 Å². The van der Waals surface area contributed by atoms with Crippen LogP contribution in [0.2, 0.25) is 0 Å². The Kier molecular flexibility index (Phi) is 4.18. The molecule has 0 aromatic carbocycles. The molecule has 0 spiro atoms. The van der Waals surface area contributed by atoms with Crippen molar-refractivity contribution in [2.24, 2.45) is 5.73 Å². The average Bonchev–Trinajstić information content (AvgIpc) is 2.72. The summed E-state index contributed by atoms with van der Waals surface area (Å²) in [6.07, 6.45) is 7.32. The smallest absolute Gasteiger partial charge is 0.0905 e. The van der Waals surface area contributed by atoms with Gasteiger partial charge in [-0.1, -0.05) is 0 Å². The summed E-state index contributed by atoms with van der Waals surface area (Å²) >= 11 is 0. The minimum atomic E-state index is 0.320. The maximum absolute atomic E-state index is 7.18. The van der Waals surface area contributed by atoms with E-state index in [1.165, 1.54) is 19.3 Å².